The summed E-state index contributed by atoms with van der Waals surface area (Å²) in [6, 6.07) is 0.723. The zero-order chi connectivity index (χ0) is 18.1. The van der Waals surface area contributed by atoms with Gasteiger partial charge in [-0.05, 0) is 69.1 Å². The topological polar surface area (TPSA) is 9.72 Å². The largest absolute Gasteiger partial charge is 0.302 e. The van der Waals surface area contributed by atoms with Crippen molar-refractivity contribution in [1.29, 1.82) is 0 Å². The number of unbranched alkanes of at least 4 members (excludes halogenated alkanes) is 1. The van der Waals surface area contributed by atoms with Crippen LogP contribution in [0.2, 0.25) is 0 Å². The summed E-state index contributed by atoms with van der Waals surface area (Å²) in [4.78, 5) is 8.28. The van der Waals surface area contributed by atoms with Gasteiger partial charge in [0.05, 0.1) is 0 Å². The predicted octanol–water partition coefficient (Wildman–Crippen LogP) is 3.94. The number of fused-ring (bicyclic) bond motifs is 1. The molecule has 3 atom stereocenters. The Hall–Kier alpha value is -0.120. The average molecular weight is 362 g/mol. The summed E-state index contributed by atoms with van der Waals surface area (Å²) >= 11 is 0. The van der Waals surface area contributed by atoms with Crippen molar-refractivity contribution in [2.75, 3.05) is 52.4 Å². The van der Waals surface area contributed by atoms with Gasteiger partial charge in [-0.1, -0.05) is 19.8 Å². The Morgan fingerprint density at radius 2 is 1.58 bits per heavy atom. The molecular weight excluding hydrogens is 318 g/mol. The lowest BCUT2D eigenvalue weighted by Crippen LogP contribution is -2.49. The Morgan fingerprint density at radius 3 is 2.12 bits per heavy atom. The summed E-state index contributed by atoms with van der Waals surface area (Å²) in [5.74, 6) is 3.05. The van der Waals surface area contributed by atoms with Gasteiger partial charge in [0, 0.05) is 58.4 Å². The Morgan fingerprint density at radius 1 is 0.923 bits per heavy atom. The fourth-order valence-corrected chi connectivity index (χ4v) is 6.32. The number of nitrogens with zero attached hydrogens (tertiary/aromatic N) is 3. The van der Waals surface area contributed by atoms with Crippen molar-refractivity contribution in [1.82, 2.24) is 14.7 Å². The van der Waals surface area contributed by atoms with Crippen molar-refractivity contribution in [3.8, 4) is 0 Å². The zero-order valence-electron chi connectivity index (χ0n) is 17.8. The van der Waals surface area contributed by atoms with Crippen LogP contribution in [0.1, 0.15) is 65.7 Å². The van der Waals surface area contributed by atoms with Gasteiger partial charge in [-0.3, -0.25) is 4.90 Å². The van der Waals surface area contributed by atoms with E-state index in [0.29, 0.717) is 0 Å². The molecule has 0 unspecified atom stereocenters. The number of piperazine rings is 1. The molecule has 0 aromatic heterocycles. The first-order valence-corrected chi connectivity index (χ1v) is 11.8. The van der Waals surface area contributed by atoms with Crippen molar-refractivity contribution in [2.45, 2.75) is 71.8 Å². The molecule has 0 N–H and O–H groups in total. The summed E-state index contributed by atoms with van der Waals surface area (Å²) in [7, 11) is 0. The minimum absolute atomic E-state index is 0.723. The van der Waals surface area contributed by atoms with Gasteiger partial charge >= 0.3 is 0 Å². The minimum Gasteiger partial charge on any atom is -0.302 e. The fraction of sp³-hybridized carbons (Fsp3) is 1.00. The second-order valence-corrected chi connectivity index (χ2v) is 10.6. The number of likely N-dealkylation sites (tertiary alicyclic amines) is 1. The fourth-order valence-electron chi connectivity index (χ4n) is 6.32. The van der Waals surface area contributed by atoms with Gasteiger partial charge in [0.2, 0.25) is 0 Å². The third-order valence-electron chi connectivity index (χ3n) is 8.15. The molecule has 2 saturated carbocycles. The first-order chi connectivity index (χ1) is 12.6. The average Bonchev–Trinajstić information content (AvgIpc) is 3.13. The predicted molar refractivity (Wildman–Crippen MR) is 110 cm³/mol. The van der Waals surface area contributed by atoms with Crippen LogP contribution < -0.4 is 0 Å². The molecule has 2 aliphatic heterocycles. The maximum Gasteiger partial charge on any atom is 0.0113 e. The van der Waals surface area contributed by atoms with E-state index < -0.39 is 0 Å². The van der Waals surface area contributed by atoms with Crippen LogP contribution in [0.15, 0.2) is 0 Å². The van der Waals surface area contributed by atoms with Crippen LogP contribution in [-0.2, 0) is 0 Å². The standard InChI is InChI=1S/C23H43N3/c1-4-5-6-23(7-8-23)18-25-16-21-13-20(14-22(21)17-25)15-24-9-11-26(12-10-24)19(2)3/h19-22H,4-18H2,1-3H3/t20-,21+,22-. The highest BCUT2D eigenvalue weighted by Crippen LogP contribution is 2.52. The van der Waals surface area contributed by atoms with E-state index in [4.69, 9.17) is 0 Å². The molecule has 0 radical (unpaired) electrons. The smallest absolute Gasteiger partial charge is 0.0113 e. The van der Waals surface area contributed by atoms with E-state index in [2.05, 4.69) is 35.5 Å². The van der Waals surface area contributed by atoms with Crippen molar-refractivity contribution in [3.63, 3.8) is 0 Å². The van der Waals surface area contributed by atoms with Gasteiger partial charge in [-0.2, -0.15) is 0 Å². The Balaban J connectivity index is 1.17. The third-order valence-corrected chi connectivity index (χ3v) is 8.15. The van der Waals surface area contributed by atoms with E-state index in [1.165, 1.54) is 97.3 Å². The highest BCUT2D eigenvalue weighted by atomic mass is 15.3. The molecule has 4 rings (SSSR count). The minimum atomic E-state index is 0.723. The molecule has 150 valence electrons. The van der Waals surface area contributed by atoms with Crippen LogP contribution in [0.25, 0.3) is 0 Å². The second kappa shape index (κ2) is 8.09. The summed E-state index contributed by atoms with van der Waals surface area (Å²) in [5.41, 5.74) is 0.754. The molecule has 0 bridgehead atoms. The number of hydrogen-bond donors (Lipinski definition) is 0. The SMILES string of the molecule is CCCCC1(CN2C[C@H]3C[C@H](CN4CCN(C(C)C)CC4)C[C@H]3C2)CC1. The zero-order valence-corrected chi connectivity index (χ0v) is 17.8. The van der Waals surface area contributed by atoms with Gasteiger partial charge < -0.3 is 9.80 Å². The van der Waals surface area contributed by atoms with E-state index >= 15 is 0 Å². The summed E-state index contributed by atoms with van der Waals surface area (Å²) in [6.07, 6.45) is 10.4. The molecule has 26 heavy (non-hydrogen) atoms. The normalized spacial score (nSPS) is 35.3. The Bertz CT molecular complexity index is 436. The molecule has 4 fully saturated rings. The van der Waals surface area contributed by atoms with Crippen LogP contribution in [0.5, 0.6) is 0 Å². The number of hydrogen-bond acceptors (Lipinski definition) is 3. The maximum absolute atomic E-state index is 2.87. The van der Waals surface area contributed by atoms with Crippen LogP contribution in [-0.4, -0.2) is 73.1 Å². The van der Waals surface area contributed by atoms with Gasteiger partial charge in [0.1, 0.15) is 0 Å². The van der Waals surface area contributed by atoms with E-state index in [0.717, 1.165) is 29.2 Å². The van der Waals surface area contributed by atoms with Crippen molar-refractivity contribution in [2.24, 2.45) is 23.2 Å². The molecule has 0 spiro atoms. The van der Waals surface area contributed by atoms with Gasteiger partial charge in [-0.15, -0.1) is 0 Å². The molecular formula is C23H43N3. The van der Waals surface area contributed by atoms with Crippen molar-refractivity contribution < 1.29 is 0 Å². The van der Waals surface area contributed by atoms with E-state index in [1.807, 2.05) is 0 Å². The molecule has 0 amide bonds. The van der Waals surface area contributed by atoms with Crippen LogP contribution >= 0.6 is 0 Å². The van der Waals surface area contributed by atoms with E-state index in [1.54, 1.807) is 0 Å². The van der Waals surface area contributed by atoms with Gasteiger partial charge in [-0.25, -0.2) is 0 Å². The van der Waals surface area contributed by atoms with Crippen LogP contribution in [0.3, 0.4) is 0 Å². The molecule has 4 aliphatic rings. The lowest BCUT2D eigenvalue weighted by molar-refractivity contribution is 0.0953. The second-order valence-electron chi connectivity index (χ2n) is 10.6. The molecule has 0 aromatic carbocycles. The molecule has 3 heteroatoms. The number of rotatable bonds is 8. The Labute approximate surface area is 162 Å². The van der Waals surface area contributed by atoms with Crippen LogP contribution in [0.4, 0.5) is 0 Å². The van der Waals surface area contributed by atoms with Gasteiger partial charge in [0.25, 0.3) is 0 Å². The summed E-state index contributed by atoms with van der Waals surface area (Å²) in [5, 5.41) is 0. The monoisotopic (exact) mass is 361 g/mol. The first-order valence-electron chi connectivity index (χ1n) is 11.8. The highest BCUT2D eigenvalue weighted by Gasteiger charge is 2.47. The molecule has 3 nitrogen and oxygen atoms in total. The van der Waals surface area contributed by atoms with Gasteiger partial charge in [0.15, 0.2) is 0 Å². The van der Waals surface area contributed by atoms with Crippen molar-refractivity contribution >= 4 is 0 Å². The molecule has 0 aromatic rings. The third kappa shape index (κ3) is 4.47. The highest BCUT2D eigenvalue weighted by molar-refractivity contribution is 5.00. The maximum atomic E-state index is 2.87. The van der Waals surface area contributed by atoms with Crippen LogP contribution in [0, 0.1) is 23.2 Å². The van der Waals surface area contributed by atoms with E-state index in [-0.39, 0.29) is 0 Å². The lowest BCUT2D eigenvalue weighted by atomic mass is 9.98. The quantitative estimate of drug-likeness (QED) is 0.648. The van der Waals surface area contributed by atoms with E-state index in [9.17, 15) is 0 Å². The van der Waals surface area contributed by atoms with Crippen molar-refractivity contribution in [3.05, 3.63) is 0 Å². The summed E-state index contributed by atoms with van der Waals surface area (Å²) in [6.45, 7) is 17.9. The first kappa shape index (κ1) is 19.2. The summed E-state index contributed by atoms with van der Waals surface area (Å²) < 4.78 is 0. The Kier molecular flexibility index (Phi) is 5.98. The lowest BCUT2D eigenvalue weighted by Gasteiger charge is -2.38. The molecule has 2 saturated heterocycles. The molecule has 2 heterocycles. The molecule has 2 aliphatic carbocycles.